The summed E-state index contributed by atoms with van der Waals surface area (Å²) in [6.07, 6.45) is 4.25. The molecule has 2 saturated carbocycles. The number of amides is 2. The van der Waals surface area contributed by atoms with Crippen LogP contribution in [0.3, 0.4) is 0 Å². The second-order valence-electron chi connectivity index (χ2n) is 7.73. The number of aryl methyl sites for hydroxylation is 1. The van der Waals surface area contributed by atoms with Crippen LogP contribution in [0.15, 0.2) is 35.4 Å². The first kappa shape index (κ1) is 15.6. The zero-order chi connectivity index (χ0) is 17.0. The lowest BCUT2D eigenvalue weighted by Crippen LogP contribution is -2.33. The fourth-order valence-electron chi connectivity index (χ4n) is 5.35. The molecule has 2 bridgehead atoms. The smallest absolute Gasteiger partial charge is 0.238 e. The van der Waals surface area contributed by atoms with Crippen LogP contribution in [0.1, 0.15) is 45.6 Å². The van der Waals surface area contributed by atoms with Crippen molar-refractivity contribution in [1.82, 2.24) is 0 Å². The lowest BCUT2D eigenvalue weighted by atomic mass is 9.81. The molecule has 0 spiro atoms. The first-order chi connectivity index (χ1) is 11.5. The maximum absolute atomic E-state index is 13.0. The minimum absolute atomic E-state index is 0.0270. The highest BCUT2D eigenvalue weighted by atomic mass is 16.2. The van der Waals surface area contributed by atoms with E-state index in [1.807, 2.05) is 24.3 Å². The SMILES string of the molecule is CCCc1ccc(N2C(=O)[C@@H]3[C@H](C2=O)[C@H]2CC[C@H]3C2=C(C)C)cc1. The predicted octanol–water partition coefficient (Wildman–Crippen LogP) is 4.12. The standard InChI is InChI=1S/C21H25NO2/c1-4-5-13-6-8-14(9-7-13)22-20(23)18-15-10-11-16(17(15)12(2)3)19(18)21(22)24/h6-9,15-16,18-19H,4-5,10-11H2,1-3H3/t15-,16-,18-,19+/m0/s1. The van der Waals surface area contributed by atoms with Gasteiger partial charge in [-0.05, 0) is 62.6 Å². The van der Waals surface area contributed by atoms with E-state index >= 15 is 0 Å². The van der Waals surface area contributed by atoms with Gasteiger partial charge in [0, 0.05) is 0 Å². The summed E-state index contributed by atoms with van der Waals surface area (Å²) in [5.74, 6) is 0.419. The normalized spacial score (nSPS) is 31.1. The Hall–Kier alpha value is -1.90. The van der Waals surface area contributed by atoms with Gasteiger partial charge >= 0.3 is 0 Å². The largest absolute Gasteiger partial charge is 0.274 e. The van der Waals surface area contributed by atoms with E-state index in [0.717, 1.165) is 31.4 Å². The molecule has 4 rings (SSSR count). The number of hydrogen-bond donors (Lipinski definition) is 0. The third-order valence-electron chi connectivity index (χ3n) is 6.16. The monoisotopic (exact) mass is 323 g/mol. The number of hydrogen-bond acceptors (Lipinski definition) is 2. The maximum Gasteiger partial charge on any atom is 0.238 e. The molecular formula is C21H25NO2. The van der Waals surface area contributed by atoms with Crippen LogP contribution in [-0.2, 0) is 16.0 Å². The molecule has 3 heteroatoms. The fourth-order valence-corrected chi connectivity index (χ4v) is 5.35. The van der Waals surface area contributed by atoms with Gasteiger partial charge in [0.15, 0.2) is 0 Å². The topological polar surface area (TPSA) is 37.4 Å². The van der Waals surface area contributed by atoms with Crippen molar-refractivity contribution in [3.05, 3.63) is 41.0 Å². The number of rotatable bonds is 3. The van der Waals surface area contributed by atoms with Gasteiger partial charge in [-0.25, -0.2) is 0 Å². The molecule has 0 radical (unpaired) electrons. The summed E-state index contributed by atoms with van der Waals surface area (Å²) in [6, 6.07) is 7.96. The Morgan fingerprint density at radius 3 is 2.00 bits per heavy atom. The number of carbonyl (C=O) groups excluding carboxylic acids is 2. The number of anilines is 1. The number of imide groups is 1. The van der Waals surface area contributed by atoms with Gasteiger partial charge in [-0.3, -0.25) is 14.5 Å². The van der Waals surface area contributed by atoms with Crippen molar-refractivity contribution in [2.45, 2.75) is 46.5 Å². The van der Waals surface area contributed by atoms with E-state index in [0.29, 0.717) is 11.8 Å². The summed E-state index contributed by atoms with van der Waals surface area (Å²) in [4.78, 5) is 27.6. The molecule has 1 saturated heterocycles. The maximum atomic E-state index is 13.0. The van der Waals surface area contributed by atoms with E-state index in [1.165, 1.54) is 21.6 Å². The Balaban J connectivity index is 1.67. The molecule has 3 fully saturated rings. The van der Waals surface area contributed by atoms with Crippen LogP contribution in [0.2, 0.25) is 0 Å². The molecule has 0 N–H and O–H groups in total. The first-order valence-corrected chi connectivity index (χ1v) is 9.18. The van der Waals surface area contributed by atoms with Crippen LogP contribution >= 0.6 is 0 Å². The summed E-state index contributed by atoms with van der Waals surface area (Å²) in [5.41, 5.74) is 4.72. The molecule has 0 unspecified atom stereocenters. The second-order valence-corrected chi connectivity index (χ2v) is 7.73. The molecule has 4 atom stereocenters. The Morgan fingerprint density at radius 1 is 1.00 bits per heavy atom. The van der Waals surface area contributed by atoms with Crippen LogP contribution < -0.4 is 4.90 Å². The zero-order valence-electron chi connectivity index (χ0n) is 14.7. The van der Waals surface area contributed by atoms with Crippen LogP contribution in [-0.4, -0.2) is 11.8 Å². The lowest BCUT2D eigenvalue weighted by Gasteiger charge is -2.19. The van der Waals surface area contributed by atoms with Gasteiger partial charge in [-0.15, -0.1) is 0 Å². The van der Waals surface area contributed by atoms with E-state index in [2.05, 4.69) is 20.8 Å². The first-order valence-electron chi connectivity index (χ1n) is 9.18. The molecule has 24 heavy (non-hydrogen) atoms. The van der Waals surface area contributed by atoms with Crippen molar-refractivity contribution in [3.8, 4) is 0 Å². The van der Waals surface area contributed by atoms with Crippen molar-refractivity contribution >= 4 is 17.5 Å². The van der Waals surface area contributed by atoms with Gasteiger partial charge in [-0.1, -0.05) is 36.6 Å². The highest BCUT2D eigenvalue weighted by molar-refractivity contribution is 6.23. The summed E-state index contributed by atoms with van der Waals surface area (Å²) >= 11 is 0. The highest BCUT2D eigenvalue weighted by Crippen LogP contribution is 2.60. The number of fused-ring (bicyclic) bond motifs is 5. The van der Waals surface area contributed by atoms with Gasteiger partial charge in [0.25, 0.3) is 0 Å². The Bertz CT molecular complexity index is 695. The Kier molecular flexibility index (Phi) is 3.63. The lowest BCUT2D eigenvalue weighted by molar-refractivity contribution is -0.123. The van der Waals surface area contributed by atoms with Gasteiger partial charge in [-0.2, -0.15) is 0 Å². The number of benzene rings is 1. The third kappa shape index (κ3) is 2.03. The molecule has 1 aromatic rings. The number of carbonyl (C=O) groups is 2. The predicted molar refractivity (Wildman–Crippen MR) is 94.5 cm³/mol. The van der Waals surface area contributed by atoms with Gasteiger partial charge < -0.3 is 0 Å². The quantitative estimate of drug-likeness (QED) is 0.620. The Labute approximate surface area is 143 Å². The van der Waals surface area contributed by atoms with E-state index in [4.69, 9.17) is 0 Å². The van der Waals surface area contributed by atoms with Crippen molar-refractivity contribution in [1.29, 1.82) is 0 Å². The molecule has 3 nitrogen and oxygen atoms in total. The third-order valence-corrected chi connectivity index (χ3v) is 6.16. The fraction of sp³-hybridized carbons (Fsp3) is 0.524. The highest BCUT2D eigenvalue weighted by Gasteiger charge is 2.63. The zero-order valence-corrected chi connectivity index (χ0v) is 14.7. The van der Waals surface area contributed by atoms with E-state index in [9.17, 15) is 9.59 Å². The molecule has 2 amide bonds. The minimum Gasteiger partial charge on any atom is -0.274 e. The van der Waals surface area contributed by atoms with E-state index in [-0.39, 0.29) is 23.7 Å². The molecule has 2 aliphatic carbocycles. The molecule has 1 heterocycles. The summed E-state index contributed by atoms with van der Waals surface area (Å²) in [5, 5.41) is 0. The average Bonchev–Trinajstić information content (AvgIpc) is 3.19. The second kappa shape index (κ2) is 5.58. The van der Waals surface area contributed by atoms with E-state index < -0.39 is 0 Å². The average molecular weight is 323 g/mol. The molecule has 3 aliphatic rings. The van der Waals surface area contributed by atoms with Crippen molar-refractivity contribution in [2.24, 2.45) is 23.7 Å². The van der Waals surface area contributed by atoms with Crippen LogP contribution in [0.25, 0.3) is 0 Å². The van der Waals surface area contributed by atoms with Crippen molar-refractivity contribution in [2.75, 3.05) is 4.90 Å². The minimum atomic E-state index is -0.114. The van der Waals surface area contributed by atoms with Crippen LogP contribution in [0.4, 0.5) is 5.69 Å². The molecule has 126 valence electrons. The molecular weight excluding hydrogens is 298 g/mol. The van der Waals surface area contributed by atoms with Crippen molar-refractivity contribution in [3.63, 3.8) is 0 Å². The molecule has 1 aliphatic heterocycles. The van der Waals surface area contributed by atoms with Crippen molar-refractivity contribution < 1.29 is 9.59 Å². The van der Waals surface area contributed by atoms with Gasteiger partial charge in [0.1, 0.15) is 0 Å². The number of allylic oxidation sites excluding steroid dienone is 2. The van der Waals surface area contributed by atoms with Gasteiger partial charge in [0.05, 0.1) is 17.5 Å². The number of nitrogens with zero attached hydrogens (tertiary/aromatic N) is 1. The summed E-state index contributed by atoms with van der Waals surface area (Å²) in [7, 11) is 0. The summed E-state index contributed by atoms with van der Waals surface area (Å²) < 4.78 is 0. The Morgan fingerprint density at radius 2 is 1.54 bits per heavy atom. The summed E-state index contributed by atoms with van der Waals surface area (Å²) in [6.45, 7) is 6.40. The van der Waals surface area contributed by atoms with Gasteiger partial charge in [0.2, 0.25) is 11.8 Å². The molecule has 0 aromatic heterocycles. The molecule has 1 aromatic carbocycles. The van der Waals surface area contributed by atoms with Crippen LogP contribution in [0, 0.1) is 23.7 Å². The van der Waals surface area contributed by atoms with E-state index in [1.54, 1.807) is 0 Å². The van der Waals surface area contributed by atoms with Crippen LogP contribution in [0.5, 0.6) is 0 Å².